The molecule has 0 aliphatic carbocycles. The Morgan fingerprint density at radius 2 is 2.00 bits per heavy atom. The molecule has 0 bridgehead atoms. The van der Waals surface area contributed by atoms with Gasteiger partial charge >= 0.3 is 0 Å². The number of fused-ring (bicyclic) bond motifs is 3. The van der Waals surface area contributed by atoms with Crippen LogP contribution >= 0.6 is 11.3 Å². The fourth-order valence-electron chi connectivity index (χ4n) is 3.23. The number of aliphatic hydroxyl groups is 1. The summed E-state index contributed by atoms with van der Waals surface area (Å²) in [4.78, 5) is 2.43. The summed E-state index contributed by atoms with van der Waals surface area (Å²) in [6.45, 7) is 2.67. The maximum absolute atomic E-state index is 10.2. The summed E-state index contributed by atoms with van der Waals surface area (Å²) in [6, 6.07) is 16.7. The standard InChI is InChI=1S/C18H16O2S/c1-12-6-9-16(21-12)18(10-19)11-20-15-8-7-13-4-2-3-5-14(13)17(15)18/h2-9,19H,10-11H2,1H3. The van der Waals surface area contributed by atoms with Crippen LogP contribution < -0.4 is 4.74 Å². The number of benzene rings is 2. The zero-order valence-electron chi connectivity index (χ0n) is 11.8. The smallest absolute Gasteiger partial charge is 0.124 e. The maximum atomic E-state index is 10.2. The van der Waals surface area contributed by atoms with Gasteiger partial charge in [0.15, 0.2) is 0 Å². The fraction of sp³-hybridized carbons (Fsp3) is 0.222. The van der Waals surface area contributed by atoms with E-state index in [0.717, 1.165) is 11.3 Å². The van der Waals surface area contributed by atoms with Crippen molar-refractivity contribution in [1.82, 2.24) is 0 Å². The quantitative estimate of drug-likeness (QED) is 0.777. The van der Waals surface area contributed by atoms with E-state index >= 15 is 0 Å². The third-order valence-corrected chi connectivity index (χ3v) is 5.53. The summed E-state index contributed by atoms with van der Waals surface area (Å²) in [5.74, 6) is 0.897. The van der Waals surface area contributed by atoms with E-state index < -0.39 is 5.41 Å². The van der Waals surface area contributed by atoms with Crippen LogP contribution in [0.4, 0.5) is 0 Å². The zero-order chi connectivity index (χ0) is 14.4. The van der Waals surface area contributed by atoms with Crippen molar-refractivity contribution in [1.29, 1.82) is 0 Å². The topological polar surface area (TPSA) is 29.5 Å². The van der Waals surface area contributed by atoms with Gasteiger partial charge in [0.05, 0.1) is 12.0 Å². The van der Waals surface area contributed by atoms with E-state index in [4.69, 9.17) is 4.74 Å². The van der Waals surface area contributed by atoms with Crippen LogP contribution in [0.3, 0.4) is 0 Å². The number of hydrogen-bond donors (Lipinski definition) is 1. The average Bonchev–Trinajstić information content (AvgIpc) is 3.11. The highest BCUT2D eigenvalue weighted by atomic mass is 32.1. The molecular weight excluding hydrogens is 280 g/mol. The first-order valence-electron chi connectivity index (χ1n) is 7.07. The summed E-state index contributed by atoms with van der Waals surface area (Å²) in [6.07, 6.45) is 0. The van der Waals surface area contributed by atoms with Gasteiger partial charge in [-0.15, -0.1) is 11.3 Å². The number of rotatable bonds is 2. The van der Waals surface area contributed by atoms with Gasteiger partial charge in [0.25, 0.3) is 0 Å². The first-order valence-corrected chi connectivity index (χ1v) is 7.89. The molecule has 1 aromatic heterocycles. The number of aryl methyl sites for hydroxylation is 1. The Morgan fingerprint density at radius 3 is 2.76 bits per heavy atom. The van der Waals surface area contributed by atoms with Crippen molar-refractivity contribution in [2.24, 2.45) is 0 Å². The molecule has 4 rings (SSSR count). The van der Waals surface area contributed by atoms with Gasteiger partial charge in [-0.25, -0.2) is 0 Å². The summed E-state index contributed by atoms with van der Waals surface area (Å²) >= 11 is 1.74. The molecular formula is C18H16O2S. The lowest BCUT2D eigenvalue weighted by Crippen LogP contribution is -2.33. The second kappa shape index (κ2) is 4.58. The molecule has 2 aromatic carbocycles. The lowest BCUT2D eigenvalue weighted by Gasteiger charge is -2.25. The molecule has 0 saturated heterocycles. The molecule has 0 saturated carbocycles. The third-order valence-electron chi connectivity index (χ3n) is 4.33. The van der Waals surface area contributed by atoms with Crippen molar-refractivity contribution >= 4 is 22.1 Å². The van der Waals surface area contributed by atoms with Crippen LogP contribution in [-0.4, -0.2) is 18.3 Å². The molecule has 1 unspecified atom stereocenters. The Kier molecular flexibility index (Phi) is 2.81. The van der Waals surface area contributed by atoms with Crippen LogP contribution in [0.25, 0.3) is 10.8 Å². The first kappa shape index (κ1) is 12.9. The van der Waals surface area contributed by atoms with E-state index in [1.807, 2.05) is 18.2 Å². The summed E-state index contributed by atoms with van der Waals surface area (Å²) in [5.41, 5.74) is 0.694. The zero-order valence-corrected chi connectivity index (χ0v) is 12.6. The third kappa shape index (κ3) is 1.74. The molecule has 1 N–H and O–H groups in total. The van der Waals surface area contributed by atoms with Gasteiger partial charge in [-0.3, -0.25) is 0 Å². The maximum Gasteiger partial charge on any atom is 0.124 e. The molecule has 21 heavy (non-hydrogen) atoms. The predicted molar refractivity (Wildman–Crippen MR) is 86.4 cm³/mol. The molecule has 0 fully saturated rings. The molecule has 0 radical (unpaired) electrons. The molecule has 3 heteroatoms. The number of ether oxygens (including phenoxy) is 1. The second-order valence-electron chi connectivity index (χ2n) is 5.60. The van der Waals surface area contributed by atoms with Gasteiger partial charge < -0.3 is 9.84 Å². The molecule has 0 spiro atoms. The largest absolute Gasteiger partial charge is 0.492 e. The van der Waals surface area contributed by atoms with Crippen LogP contribution in [0.5, 0.6) is 5.75 Å². The van der Waals surface area contributed by atoms with Crippen LogP contribution in [0.1, 0.15) is 15.3 Å². The molecule has 2 heterocycles. The van der Waals surface area contributed by atoms with Crippen molar-refractivity contribution in [3.05, 3.63) is 63.8 Å². The van der Waals surface area contributed by atoms with E-state index in [0.29, 0.717) is 6.61 Å². The van der Waals surface area contributed by atoms with Gasteiger partial charge in [-0.05, 0) is 35.9 Å². The normalized spacial score (nSPS) is 20.5. The van der Waals surface area contributed by atoms with Crippen molar-refractivity contribution in [2.75, 3.05) is 13.2 Å². The highest BCUT2D eigenvalue weighted by molar-refractivity contribution is 7.12. The number of aliphatic hydroxyl groups excluding tert-OH is 1. The van der Waals surface area contributed by atoms with E-state index in [-0.39, 0.29) is 6.61 Å². The van der Waals surface area contributed by atoms with Gasteiger partial charge in [0, 0.05) is 15.3 Å². The van der Waals surface area contributed by atoms with Gasteiger partial charge in [-0.1, -0.05) is 30.3 Å². The van der Waals surface area contributed by atoms with Crippen molar-refractivity contribution in [2.45, 2.75) is 12.3 Å². The summed E-state index contributed by atoms with van der Waals surface area (Å²) in [7, 11) is 0. The fourth-order valence-corrected chi connectivity index (χ4v) is 4.27. The molecule has 1 aliphatic heterocycles. The predicted octanol–water partition coefficient (Wildman–Crippen LogP) is 3.88. The Balaban J connectivity index is 2.05. The van der Waals surface area contributed by atoms with Crippen molar-refractivity contribution in [3.8, 4) is 5.75 Å². The SMILES string of the molecule is Cc1ccc(C2(CO)COc3ccc4ccccc4c32)s1. The molecule has 3 aromatic rings. The van der Waals surface area contributed by atoms with Crippen LogP contribution in [-0.2, 0) is 5.41 Å². The van der Waals surface area contributed by atoms with Crippen molar-refractivity contribution < 1.29 is 9.84 Å². The van der Waals surface area contributed by atoms with Gasteiger partial charge in [-0.2, -0.15) is 0 Å². The molecule has 0 amide bonds. The summed E-state index contributed by atoms with van der Waals surface area (Å²) < 4.78 is 5.92. The Bertz CT molecular complexity index is 821. The van der Waals surface area contributed by atoms with E-state index in [1.54, 1.807) is 11.3 Å². The second-order valence-corrected chi connectivity index (χ2v) is 6.89. The highest BCUT2D eigenvalue weighted by Crippen LogP contribution is 2.48. The van der Waals surface area contributed by atoms with Gasteiger partial charge in [0.1, 0.15) is 12.4 Å². The van der Waals surface area contributed by atoms with Crippen LogP contribution in [0.15, 0.2) is 48.5 Å². The van der Waals surface area contributed by atoms with Crippen molar-refractivity contribution in [3.63, 3.8) is 0 Å². The number of hydrogen-bond acceptors (Lipinski definition) is 3. The van der Waals surface area contributed by atoms with Crippen LogP contribution in [0.2, 0.25) is 0 Å². The number of thiophene rings is 1. The van der Waals surface area contributed by atoms with Gasteiger partial charge in [0.2, 0.25) is 0 Å². The summed E-state index contributed by atoms with van der Waals surface area (Å²) in [5, 5.41) is 12.6. The van der Waals surface area contributed by atoms with E-state index in [2.05, 4.69) is 37.3 Å². The van der Waals surface area contributed by atoms with E-state index in [1.165, 1.54) is 20.5 Å². The molecule has 106 valence electrons. The van der Waals surface area contributed by atoms with Crippen LogP contribution in [0, 0.1) is 6.92 Å². The molecule has 1 aliphatic rings. The highest BCUT2D eigenvalue weighted by Gasteiger charge is 2.44. The minimum absolute atomic E-state index is 0.0635. The Hall–Kier alpha value is -1.84. The minimum atomic E-state index is -0.435. The Morgan fingerprint density at radius 1 is 1.14 bits per heavy atom. The Labute approximate surface area is 127 Å². The molecule has 2 nitrogen and oxygen atoms in total. The minimum Gasteiger partial charge on any atom is -0.492 e. The monoisotopic (exact) mass is 296 g/mol. The lowest BCUT2D eigenvalue weighted by atomic mass is 9.79. The first-order chi connectivity index (χ1) is 10.2. The molecule has 1 atom stereocenters. The van der Waals surface area contributed by atoms with E-state index in [9.17, 15) is 5.11 Å². The lowest BCUT2D eigenvalue weighted by molar-refractivity contribution is 0.188. The average molecular weight is 296 g/mol.